The minimum absolute atomic E-state index is 0.0180. The zero-order valence-corrected chi connectivity index (χ0v) is 21.2. The van der Waals surface area contributed by atoms with Crippen molar-refractivity contribution in [3.8, 4) is 0 Å². The van der Waals surface area contributed by atoms with Gasteiger partial charge in [-0.3, -0.25) is 9.59 Å². The monoisotopic (exact) mass is 519 g/mol. The van der Waals surface area contributed by atoms with Crippen LogP contribution < -0.4 is 0 Å². The highest BCUT2D eigenvalue weighted by atomic mass is 35.5. The Morgan fingerprint density at radius 2 is 1.75 bits per heavy atom. The molecule has 0 aliphatic carbocycles. The van der Waals surface area contributed by atoms with Gasteiger partial charge in [-0.25, -0.2) is 4.98 Å². The number of fused-ring (bicyclic) bond motifs is 1. The SMILES string of the molecule is Cc1cccn2c(C)c(C(O)=C3C(=O)C(=O)N(CCc4ccccc4)C3c3ccc(Cl)c(Cl)c3)nc12. The van der Waals surface area contributed by atoms with Crippen LogP contribution >= 0.6 is 23.2 Å². The second-order valence-corrected chi connectivity index (χ2v) is 9.65. The summed E-state index contributed by atoms with van der Waals surface area (Å²) in [6.45, 7) is 4.01. The first-order valence-corrected chi connectivity index (χ1v) is 12.3. The molecule has 0 radical (unpaired) electrons. The van der Waals surface area contributed by atoms with Gasteiger partial charge in [-0.1, -0.05) is 65.7 Å². The number of hydrogen-bond acceptors (Lipinski definition) is 4. The Bertz CT molecular complexity index is 1540. The standard InChI is InChI=1S/C28H23Cl2N3O3/c1-16-7-6-13-32-17(2)23(31-27(16)32)25(34)22-24(19-10-11-20(29)21(30)15-19)33(28(36)26(22)35)14-12-18-8-4-3-5-9-18/h3-11,13,15,24,34H,12,14H2,1-2H3. The maximum Gasteiger partial charge on any atom is 0.295 e. The van der Waals surface area contributed by atoms with Crippen LogP contribution in [0.3, 0.4) is 0 Å². The van der Waals surface area contributed by atoms with Crippen LogP contribution in [0.1, 0.15) is 34.1 Å². The fraction of sp³-hybridized carbons (Fsp3) is 0.179. The molecule has 1 fully saturated rings. The van der Waals surface area contributed by atoms with Crippen molar-refractivity contribution in [3.63, 3.8) is 0 Å². The average molecular weight is 520 g/mol. The number of carbonyl (C=O) groups is 2. The maximum absolute atomic E-state index is 13.4. The number of Topliss-reactive ketones (excluding diaryl/α,β-unsaturated/α-hetero) is 1. The van der Waals surface area contributed by atoms with E-state index in [-0.39, 0.29) is 23.6 Å². The molecule has 36 heavy (non-hydrogen) atoms. The maximum atomic E-state index is 13.4. The molecule has 1 amide bonds. The first kappa shape index (κ1) is 24.1. The summed E-state index contributed by atoms with van der Waals surface area (Å²) in [6, 6.07) is 17.6. The normalized spacial score (nSPS) is 17.3. The van der Waals surface area contributed by atoms with Crippen molar-refractivity contribution in [2.24, 2.45) is 0 Å². The predicted octanol–water partition coefficient (Wildman–Crippen LogP) is 5.92. The topological polar surface area (TPSA) is 74.9 Å². The number of halogens is 2. The average Bonchev–Trinajstić information content (AvgIpc) is 3.34. The van der Waals surface area contributed by atoms with E-state index in [9.17, 15) is 14.7 Å². The van der Waals surface area contributed by atoms with Crippen molar-refractivity contribution in [2.75, 3.05) is 6.54 Å². The van der Waals surface area contributed by atoms with Gasteiger partial charge in [0, 0.05) is 12.7 Å². The number of pyridine rings is 1. The zero-order valence-electron chi connectivity index (χ0n) is 19.7. The number of benzene rings is 2. The number of carbonyl (C=O) groups excluding carboxylic acids is 2. The number of rotatable bonds is 5. The summed E-state index contributed by atoms with van der Waals surface area (Å²) in [7, 11) is 0. The highest BCUT2D eigenvalue weighted by Gasteiger charge is 2.46. The zero-order chi connectivity index (χ0) is 25.6. The molecule has 0 saturated carbocycles. The second kappa shape index (κ2) is 9.45. The molecule has 0 spiro atoms. The Hall–Kier alpha value is -3.61. The molecule has 8 heteroatoms. The van der Waals surface area contributed by atoms with Gasteiger partial charge in [0.2, 0.25) is 0 Å². The first-order chi connectivity index (χ1) is 17.3. The Morgan fingerprint density at radius 1 is 1.00 bits per heavy atom. The molecule has 2 aromatic heterocycles. The fourth-order valence-corrected chi connectivity index (χ4v) is 5.01. The molecular formula is C28H23Cl2N3O3. The van der Waals surface area contributed by atoms with Gasteiger partial charge < -0.3 is 14.4 Å². The van der Waals surface area contributed by atoms with E-state index in [4.69, 9.17) is 23.2 Å². The van der Waals surface area contributed by atoms with Gasteiger partial charge in [0.05, 0.1) is 27.4 Å². The van der Waals surface area contributed by atoms with E-state index < -0.39 is 17.7 Å². The summed E-state index contributed by atoms with van der Waals surface area (Å²) in [5, 5.41) is 12.1. The number of nitrogens with zero attached hydrogens (tertiary/aromatic N) is 3. The fourth-order valence-electron chi connectivity index (χ4n) is 4.71. The van der Waals surface area contributed by atoms with Crippen molar-refractivity contribution >= 4 is 46.3 Å². The van der Waals surface area contributed by atoms with Crippen molar-refractivity contribution < 1.29 is 14.7 Å². The summed E-state index contributed by atoms with van der Waals surface area (Å²) >= 11 is 12.5. The van der Waals surface area contributed by atoms with Gasteiger partial charge in [-0.05, 0) is 55.2 Å². The molecule has 1 aliphatic rings. The summed E-state index contributed by atoms with van der Waals surface area (Å²) in [6.07, 6.45) is 2.38. The van der Waals surface area contributed by atoms with Gasteiger partial charge in [-0.15, -0.1) is 0 Å². The van der Waals surface area contributed by atoms with Crippen molar-refractivity contribution in [1.82, 2.24) is 14.3 Å². The number of amides is 1. The van der Waals surface area contributed by atoms with Crippen molar-refractivity contribution in [2.45, 2.75) is 26.3 Å². The molecule has 1 atom stereocenters. The molecule has 6 nitrogen and oxygen atoms in total. The van der Waals surface area contributed by atoms with E-state index >= 15 is 0 Å². The van der Waals surface area contributed by atoms with E-state index in [1.54, 1.807) is 18.2 Å². The smallest absolute Gasteiger partial charge is 0.295 e. The molecule has 5 rings (SSSR count). The third-order valence-corrected chi connectivity index (χ3v) is 7.33. The lowest BCUT2D eigenvalue weighted by Crippen LogP contribution is -2.31. The van der Waals surface area contributed by atoms with Crippen LogP contribution in [0, 0.1) is 13.8 Å². The van der Waals surface area contributed by atoms with Gasteiger partial charge in [0.1, 0.15) is 11.3 Å². The molecule has 182 valence electrons. The molecule has 3 heterocycles. The van der Waals surface area contributed by atoms with E-state index in [0.29, 0.717) is 33.4 Å². The van der Waals surface area contributed by atoms with Crippen molar-refractivity contribution in [1.29, 1.82) is 0 Å². The predicted molar refractivity (Wildman–Crippen MR) is 140 cm³/mol. The van der Waals surface area contributed by atoms with Crippen molar-refractivity contribution in [3.05, 3.63) is 111 Å². The second-order valence-electron chi connectivity index (χ2n) is 8.83. The molecule has 1 aliphatic heterocycles. The molecule has 1 saturated heterocycles. The molecule has 1 unspecified atom stereocenters. The van der Waals surface area contributed by atoms with Gasteiger partial charge in [0.15, 0.2) is 5.76 Å². The Morgan fingerprint density at radius 3 is 2.44 bits per heavy atom. The summed E-state index contributed by atoms with van der Waals surface area (Å²) in [5.41, 5.74) is 4.10. The third kappa shape index (κ3) is 4.06. The van der Waals surface area contributed by atoms with E-state index in [0.717, 1.165) is 11.1 Å². The lowest BCUT2D eigenvalue weighted by atomic mass is 9.96. The molecule has 4 aromatic rings. The summed E-state index contributed by atoms with van der Waals surface area (Å²) in [4.78, 5) is 32.7. The largest absolute Gasteiger partial charge is 0.505 e. The van der Waals surface area contributed by atoms with Crippen LogP contribution in [0.2, 0.25) is 10.0 Å². The number of imidazole rings is 1. The van der Waals surface area contributed by atoms with Gasteiger partial charge >= 0.3 is 0 Å². The Balaban J connectivity index is 1.66. The highest BCUT2D eigenvalue weighted by molar-refractivity contribution is 6.46. The molecular weight excluding hydrogens is 497 g/mol. The number of aliphatic hydroxyl groups is 1. The number of ketones is 1. The molecule has 2 aromatic carbocycles. The number of likely N-dealkylation sites (tertiary alicyclic amines) is 1. The van der Waals surface area contributed by atoms with Crippen LogP contribution in [0.25, 0.3) is 11.4 Å². The number of aliphatic hydroxyl groups excluding tert-OH is 1. The van der Waals surface area contributed by atoms with Crippen LogP contribution in [-0.4, -0.2) is 37.6 Å². The number of aromatic nitrogens is 2. The lowest BCUT2D eigenvalue weighted by molar-refractivity contribution is -0.139. The van der Waals surface area contributed by atoms with Crippen LogP contribution in [0.5, 0.6) is 0 Å². The summed E-state index contributed by atoms with van der Waals surface area (Å²) in [5.74, 6) is -1.75. The van der Waals surface area contributed by atoms with Crippen LogP contribution in [0.15, 0.2) is 72.4 Å². The molecule has 1 N–H and O–H groups in total. The third-order valence-electron chi connectivity index (χ3n) is 6.59. The summed E-state index contributed by atoms with van der Waals surface area (Å²) < 4.78 is 1.85. The Kier molecular flexibility index (Phi) is 6.33. The number of hydrogen-bond donors (Lipinski definition) is 1. The minimum atomic E-state index is -0.839. The minimum Gasteiger partial charge on any atom is -0.505 e. The van der Waals surface area contributed by atoms with Crippen LogP contribution in [0.4, 0.5) is 0 Å². The van der Waals surface area contributed by atoms with Crippen LogP contribution in [-0.2, 0) is 16.0 Å². The number of aryl methyl sites for hydroxylation is 2. The quantitative estimate of drug-likeness (QED) is 0.201. The van der Waals surface area contributed by atoms with E-state index in [1.165, 1.54) is 4.90 Å². The van der Waals surface area contributed by atoms with Gasteiger partial charge in [-0.2, -0.15) is 0 Å². The lowest BCUT2D eigenvalue weighted by Gasteiger charge is -2.25. The first-order valence-electron chi connectivity index (χ1n) is 11.5. The van der Waals surface area contributed by atoms with E-state index in [1.807, 2.05) is 66.9 Å². The highest BCUT2D eigenvalue weighted by Crippen LogP contribution is 2.41. The van der Waals surface area contributed by atoms with Gasteiger partial charge in [0.25, 0.3) is 11.7 Å². The van der Waals surface area contributed by atoms with E-state index in [2.05, 4.69) is 4.98 Å². The molecule has 0 bridgehead atoms. The Labute approximate surface area is 218 Å².